The minimum Gasteiger partial charge on any atom is -0.468 e. The lowest BCUT2D eigenvalue weighted by atomic mass is 9.73. The van der Waals surface area contributed by atoms with Crippen LogP contribution in [0.5, 0.6) is 0 Å². The maximum Gasteiger partial charge on any atom is 0.316 e. The Morgan fingerprint density at radius 2 is 1.72 bits per heavy atom. The second kappa shape index (κ2) is 6.78. The summed E-state index contributed by atoms with van der Waals surface area (Å²) in [6.07, 6.45) is 0.172. The van der Waals surface area contributed by atoms with Crippen molar-refractivity contribution in [1.29, 1.82) is 0 Å². The number of Topliss-reactive ketones (excluding diaryl/α,β-unsaturated/α-hetero) is 1. The molecule has 3 nitrogen and oxygen atoms in total. The number of esters is 1. The number of methoxy groups -OCH3 is 1. The molecule has 18 heavy (non-hydrogen) atoms. The number of carbonyl (C=O) groups is 2. The fraction of sp³-hybridized carbons (Fsp3) is 0.818. The lowest BCUT2D eigenvalue weighted by molar-refractivity contribution is -0.153. The number of hydrogen-bond donors (Lipinski definition) is 0. The largest absolute Gasteiger partial charge is 0.468 e. The minimum atomic E-state index is -1.46. The molecule has 0 spiro atoms. The van der Waals surface area contributed by atoms with Crippen LogP contribution in [0.15, 0.2) is 0 Å². The molecule has 0 bridgehead atoms. The fourth-order valence-electron chi connectivity index (χ4n) is 1.76. The minimum absolute atomic E-state index is 0.172. The van der Waals surface area contributed by atoms with Crippen LogP contribution in [0.25, 0.3) is 0 Å². The first-order valence-electron chi connectivity index (χ1n) is 5.22. The second-order valence-electron chi connectivity index (χ2n) is 4.68. The molecule has 0 aromatic rings. The van der Waals surface area contributed by atoms with E-state index < -0.39 is 21.1 Å². The van der Waals surface area contributed by atoms with Gasteiger partial charge >= 0.3 is 5.97 Å². The number of alkyl halides is 4. The summed E-state index contributed by atoms with van der Waals surface area (Å²) in [6.45, 7) is 4.86. The van der Waals surface area contributed by atoms with E-state index in [-0.39, 0.29) is 17.0 Å². The van der Waals surface area contributed by atoms with Crippen LogP contribution in [-0.2, 0) is 14.3 Å². The van der Waals surface area contributed by atoms with Gasteiger partial charge in [0, 0.05) is 11.2 Å². The summed E-state index contributed by atoms with van der Waals surface area (Å²) in [7, 11) is 1.24. The van der Waals surface area contributed by atoms with E-state index in [0.717, 1.165) is 0 Å². The lowest BCUT2D eigenvalue weighted by Crippen LogP contribution is -2.43. The van der Waals surface area contributed by atoms with Gasteiger partial charge in [-0.15, -0.1) is 0 Å². The van der Waals surface area contributed by atoms with Crippen LogP contribution in [0.4, 0.5) is 0 Å². The smallest absolute Gasteiger partial charge is 0.316 e. The van der Waals surface area contributed by atoms with E-state index in [2.05, 4.69) is 20.7 Å². The predicted molar refractivity (Wildman–Crippen MR) is 77.6 cm³/mol. The molecule has 0 amide bonds. The zero-order valence-electron chi connectivity index (χ0n) is 10.6. The molecule has 106 valence electrons. The number of hydrogen-bond acceptors (Lipinski definition) is 3. The van der Waals surface area contributed by atoms with Crippen molar-refractivity contribution < 1.29 is 14.3 Å². The third-order valence-corrected chi connectivity index (χ3v) is 4.77. The Labute approximate surface area is 131 Å². The van der Waals surface area contributed by atoms with Crippen molar-refractivity contribution in [3.63, 3.8) is 0 Å². The Morgan fingerprint density at radius 1 is 1.28 bits per heavy atom. The zero-order valence-corrected chi connectivity index (χ0v) is 14.5. The molecular weight excluding hydrogens is 366 g/mol. The Morgan fingerprint density at radius 3 is 2.00 bits per heavy atom. The molecule has 0 rings (SSSR count). The Kier molecular flexibility index (Phi) is 6.96. The van der Waals surface area contributed by atoms with E-state index in [1.807, 2.05) is 0 Å². The van der Waals surface area contributed by atoms with Crippen molar-refractivity contribution in [3.8, 4) is 0 Å². The van der Waals surface area contributed by atoms with Crippen molar-refractivity contribution in [2.75, 3.05) is 7.11 Å². The highest BCUT2D eigenvalue weighted by molar-refractivity contribution is 9.09. The monoisotopic (exact) mass is 380 g/mol. The van der Waals surface area contributed by atoms with Gasteiger partial charge in [0.15, 0.2) is 3.79 Å². The number of rotatable bonds is 5. The van der Waals surface area contributed by atoms with Gasteiger partial charge in [0.2, 0.25) is 0 Å². The summed E-state index contributed by atoms with van der Waals surface area (Å²) in [6, 6.07) is 0. The van der Waals surface area contributed by atoms with E-state index in [1.165, 1.54) is 14.0 Å². The zero-order chi connectivity index (χ0) is 14.7. The van der Waals surface area contributed by atoms with E-state index in [4.69, 9.17) is 34.8 Å². The van der Waals surface area contributed by atoms with Gasteiger partial charge < -0.3 is 4.74 Å². The SMILES string of the molecule is COC(=O)C(C(C)=O)C(C)(C)C(Br)CC(Cl)(Cl)Cl. The standard InChI is InChI=1S/C11H16BrCl3O3/c1-6(16)8(9(17)18-4)10(2,3)7(12)5-11(13,14)15/h7-8H,5H2,1-4H3. The topological polar surface area (TPSA) is 43.4 Å². The first kappa shape index (κ1) is 18.5. The van der Waals surface area contributed by atoms with Gasteiger partial charge in [-0.05, 0) is 12.3 Å². The molecule has 0 radical (unpaired) electrons. The molecule has 0 aliphatic carbocycles. The molecule has 0 aliphatic heterocycles. The average Bonchev–Trinajstić information content (AvgIpc) is 2.13. The van der Waals surface area contributed by atoms with E-state index >= 15 is 0 Å². The van der Waals surface area contributed by atoms with Gasteiger partial charge in [0.05, 0.1) is 7.11 Å². The summed E-state index contributed by atoms with van der Waals surface area (Å²) in [5.41, 5.74) is -0.733. The molecule has 0 aliphatic rings. The second-order valence-corrected chi connectivity index (χ2v) is 8.30. The molecule has 0 aromatic heterocycles. The molecule has 2 atom stereocenters. The molecule has 7 heteroatoms. The third-order valence-electron chi connectivity index (χ3n) is 2.81. The van der Waals surface area contributed by atoms with Crippen LogP contribution in [0.1, 0.15) is 27.2 Å². The van der Waals surface area contributed by atoms with Crippen molar-refractivity contribution in [3.05, 3.63) is 0 Å². The van der Waals surface area contributed by atoms with Gasteiger partial charge in [-0.1, -0.05) is 64.6 Å². The normalized spacial score (nSPS) is 16.0. The van der Waals surface area contributed by atoms with E-state index in [0.29, 0.717) is 0 Å². The maximum absolute atomic E-state index is 11.7. The molecular formula is C11H16BrCl3O3. The van der Waals surface area contributed by atoms with Crippen LogP contribution in [0, 0.1) is 11.3 Å². The number of ketones is 1. The quantitative estimate of drug-likeness (QED) is 0.411. The number of carbonyl (C=O) groups excluding carboxylic acids is 2. The predicted octanol–water partition coefficient (Wildman–Crippen LogP) is 3.91. The highest BCUT2D eigenvalue weighted by Crippen LogP contribution is 2.44. The fourth-order valence-corrected chi connectivity index (χ4v) is 3.53. The van der Waals surface area contributed by atoms with Gasteiger partial charge in [-0.2, -0.15) is 0 Å². The Bertz CT molecular complexity index is 326. The number of halogens is 4. The molecule has 0 saturated carbocycles. The highest BCUT2D eigenvalue weighted by Gasteiger charge is 2.46. The van der Waals surface area contributed by atoms with Crippen LogP contribution < -0.4 is 0 Å². The molecule has 0 heterocycles. The first-order chi connectivity index (χ1) is 7.93. The molecule has 0 N–H and O–H groups in total. The summed E-state index contributed by atoms with van der Waals surface area (Å²) >= 11 is 20.6. The van der Waals surface area contributed by atoms with Crippen LogP contribution in [0.2, 0.25) is 0 Å². The first-order valence-corrected chi connectivity index (χ1v) is 7.27. The molecule has 0 saturated heterocycles. The average molecular weight is 383 g/mol. The van der Waals surface area contributed by atoms with Crippen LogP contribution in [-0.4, -0.2) is 27.5 Å². The van der Waals surface area contributed by atoms with Crippen LogP contribution >= 0.6 is 50.7 Å². The van der Waals surface area contributed by atoms with Gasteiger partial charge in [0.1, 0.15) is 11.7 Å². The van der Waals surface area contributed by atoms with Gasteiger partial charge in [-0.25, -0.2) is 0 Å². The summed E-state index contributed by atoms with van der Waals surface area (Å²) < 4.78 is 3.21. The van der Waals surface area contributed by atoms with E-state index in [1.54, 1.807) is 13.8 Å². The molecule has 0 fully saturated rings. The maximum atomic E-state index is 11.7. The Balaban J connectivity index is 5.17. The highest BCUT2D eigenvalue weighted by atomic mass is 79.9. The molecule has 0 aromatic carbocycles. The molecule has 2 unspecified atom stereocenters. The lowest BCUT2D eigenvalue weighted by Gasteiger charge is -2.36. The van der Waals surface area contributed by atoms with Crippen LogP contribution in [0.3, 0.4) is 0 Å². The third kappa shape index (κ3) is 5.24. The van der Waals surface area contributed by atoms with Crippen molar-refractivity contribution in [2.45, 2.75) is 35.8 Å². The summed E-state index contributed by atoms with van der Waals surface area (Å²) in [4.78, 5) is 23.0. The van der Waals surface area contributed by atoms with Crippen molar-refractivity contribution in [2.24, 2.45) is 11.3 Å². The van der Waals surface area contributed by atoms with Gasteiger partial charge in [-0.3, -0.25) is 9.59 Å². The summed E-state index contributed by atoms with van der Waals surface area (Å²) in [5.74, 6) is -1.76. The van der Waals surface area contributed by atoms with Gasteiger partial charge in [0.25, 0.3) is 0 Å². The Hall–Kier alpha value is 0.490. The van der Waals surface area contributed by atoms with E-state index in [9.17, 15) is 9.59 Å². The number of ether oxygens (including phenoxy) is 1. The van der Waals surface area contributed by atoms with Crippen molar-refractivity contribution in [1.82, 2.24) is 0 Å². The van der Waals surface area contributed by atoms with Crippen molar-refractivity contribution >= 4 is 62.5 Å². The summed E-state index contributed by atoms with van der Waals surface area (Å²) in [5, 5.41) is 0.